The molecule has 6 atom stereocenters. The summed E-state index contributed by atoms with van der Waals surface area (Å²) in [6.07, 6.45) is 2.87. The molecule has 12 heteroatoms. The summed E-state index contributed by atoms with van der Waals surface area (Å²) in [6, 6.07) is 10.2. The number of rotatable bonds is 14. The quantitative estimate of drug-likeness (QED) is 0.107. The van der Waals surface area contributed by atoms with Crippen molar-refractivity contribution in [2.24, 2.45) is 11.7 Å². The Kier molecular flexibility index (Phi) is 10.4. The first-order valence-corrected chi connectivity index (χ1v) is 14.7. The van der Waals surface area contributed by atoms with Gasteiger partial charge >= 0.3 is 5.97 Å². The molecule has 2 aromatic heterocycles. The molecule has 0 aliphatic heterocycles. The summed E-state index contributed by atoms with van der Waals surface area (Å²) in [6.45, 7) is 4.87. The summed E-state index contributed by atoms with van der Waals surface area (Å²) in [5.41, 5.74) is 9.47. The van der Waals surface area contributed by atoms with Crippen LogP contribution in [-0.2, 0) is 32.0 Å². The van der Waals surface area contributed by atoms with Gasteiger partial charge in [-0.05, 0) is 42.5 Å². The molecule has 0 spiro atoms. The molecule has 0 radical (unpaired) electrons. The molecule has 44 heavy (non-hydrogen) atoms. The van der Waals surface area contributed by atoms with Crippen LogP contribution in [0.4, 0.5) is 0 Å². The number of aliphatic hydroxyl groups is 1. The Morgan fingerprint density at radius 3 is 1.82 bits per heavy atom. The molecule has 12 nitrogen and oxygen atoms in total. The Balaban J connectivity index is 1.52. The number of aromatic nitrogens is 2. The number of aliphatic carboxylic acids is 1. The average Bonchev–Trinajstić information content (AvgIpc) is 3.61. The number of hydrogen-bond acceptors (Lipinski definition) is 6. The Bertz CT molecular complexity index is 1630. The second-order valence-electron chi connectivity index (χ2n) is 11.2. The molecular formula is C32H40N6O6. The fraction of sp³-hybridized carbons (Fsp3) is 0.375. The van der Waals surface area contributed by atoms with E-state index in [4.69, 9.17) is 5.73 Å². The van der Waals surface area contributed by atoms with Gasteiger partial charge in [0, 0.05) is 40.6 Å². The lowest BCUT2D eigenvalue weighted by molar-refractivity contribution is -0.144. The molecule has 9 N–H and O–H groups in total. The molecule has 0 bridgehead atoms. The number of nitrogens with two attached hydrogens (primary N) is 1. The number of carbonyl (C=O) groups excluding carboxylic acids is 3. The highest BCUT2D eigenvalue weighted by Crippen LogP contribution is 2.21. The van der Waals surface area contributed by atoms with Gasteiger partial charge in [0.1, 0.15) is 18.1 Å². The number of carboxylic acids is 1. The van der Waals surface area contributed by atoms with Gasteiger partial charge in [-0.1, -0.05) is 56.7 Å². The van der Waals surface area contributed by atoms with Crippen LogP contribution in [0.5, 0.6) is 0 Å². The molecule has 234 valence electrons. The number of amides is 3. The topological polar surface area (TPSA) is 202 Å². The molecule has 6 unspecified atom stereocenters. The van der Waals surface area contributed by atoms with Crippen LogP contribution in [0.3, 0.4) is 0 Å². The van der Waals surface area contributed by atoms with E-state index in [-0.39, 0.29) is 18.8 Å². The van der Waals surface area contributed by atoms with Crippen molar-refractivity contribution in [1.82, 2.24) is 25.9 Å². The summed E-state index contributed by atoms with van der Waals surface area (Å²) < 4.78 is 0. The zero-order valence-corrected chi connectivity index (χ0v) is 25.0. The van der Waals surface area contributed by atoms with Gasteiger partial charge in [-0.15, -0.1) is 0 Å². The van der Waals surface area contributed by atoms with E-state index >= 15 is 0 Å². The van der Waals surface area contributed by atoms with E-state index in [1.54, 1.807) is 19.3 Å². The lowest BCUT2D eigenvalue weighted by Crippen LogP contribution is -2.60. The van der Waals surface area contributed by atoms with Gasteiger partial charge in [-0.3, -0.25) is 14.4 Å². The van der Waals surface area contributed by atoms with E-state index in [1.165, 1.54) is 6.92 Å². The minimum Gasteiger partial charge on any atom is -0.480 e. The van der Waals surface area contributed by atoms with Gasteiger partial charge in [-0.2, -0.15) is 0 Å². The van der Waals surface area contributed by atoms with Gasteiger partial charge in [-0.25, -0.2) is 4.79 Å². The van der Waals surface area contributed by atoms with Crippen molar-refractivity contribution >= 4 is 45.5 Å². The van der Waals surface area contributed by atoms with Crippen molar-refractivity contribution in [2.45, 2.75) is 70.3 Å². The molecule has 0 fully saturated rings. The number of nitrogens with one attached hydrogen (secondary N) is 5. The average molecular weight is 605 g/mol. The minimum absolute atomic E-state index is 0.0228. The number of H-pyrrole nitrogens is 2. The van der Waals surface area contributed by atoms with Gasteiger partial charge in [0.15, 0.2) is 0 Å². The molecule has 0 saturated carbocycles. The summed E-state index contributed by atoms with van der Waals surface area (Å²) in [7, 11) is 0. The zero-order valence-electron chi connectivity index (χ0n) is 25.0. The Morgan fingerprint density at radius 1 is 0.773 bits per heavy atom. The number of para-hydroxylation sites is 2. The molecule has 0 aliphatic carbocycles. The predicted molar refractivity (Wildman–Crippen MR) is 167 cm³/mol. The number of aromatic amines is 2. The van der Waals surface area contributed by atoms with E-state index in [0.717, 1.165) is 32.9 Å². The van der Waals surface area contributed by atoms with Crippen LogP contribution in [0.15, 0.2) is 60.9 Å². The Labute approximate surface area is 254 Å². The predicted octanol–water partition coefficient (Wildman–Crippen LogP) is 1.73. The molecule has 2 heterocycles. The van der Waals surface area contributed by atoms with Gasteiger partial charge < -0.3 is 41.9 Å². The standard InChI is InChI=1S/C32H40N6O6/c1-4-17(2)27(32(43)44)37-30(41)26(14-20-16-35-25-12-8-6-10-22(20)25)36-31(42)28(18(3)39)38-29(40)23(33)13-19-15-34-24-11-7-5-9-21(19)24/h5-12,15-18,23,26-28,34-35,39H,4,13-14,33H2,1-3H3,(H,36,42)(H,37,41)(H,38,40)(H,43,44). The van der Waals surface area contributed by atoms with Crippen molar-refractivity contribution in [1.29, 1.82) is 0 Å². The van der Waals surface area contributed by atoms with Crippen LogP contribution in [0.1, 0.15) is 38.3 Å². The number of benzene rings is 2. The van der Waals surface area contributed by atoms with Crippen molar-refractivity contribution < 1.29 is 29.4 Å². The first kappa shape index (κ1) is 32.2. The van der Waals surface area contributed by atoms with E-state index in [0.29, 0.717) is 6.42 Å². The maximum Gasteiger partial charge on any atom is 0.326 e. The molecule has 3 amide bonds. The van der Waals surface area contributed by atoms with Crippen LogP contribution in [-0.4, -0.2) is 74.1 Å². The normalized spacial score (nSPS) is 15.6. The number of aliphatic hydroxyl groups excluding tert-OH is 1. The number of carbonyl (C=O) groups is 4. The first-order valence-electron chi connectivity index (χ1n) is 14.7. The monoisotopic (exact) mass is 604 g/mol. The van der Waals surface area contributed by atoms with Gasteiger partial charge in [0.05, 0.1) is 12.1 Å². The van der Waals surface area contributed by atoms with E-state index < -0.39 is 54.0 Å². The van der Waals surface area contributed by atoms with Crippen molar-refractivity contribution in [3.63, 3.8) is 0 Å². The van der Waals surface area contributed by atoms with Crippen LogP contribution in [0.2, 0.25) is 0 Å². The first-order chi connectivity index (χ1) is 21.0. The number of hydrogen-bond donors (Lipinski definition) is 8. The lowest BCUT2D eigenvalue weighted by atomic mass is 9.97. The smallest absolute Gasteiger partial charge is 0.326 e. The summed E-state index contributed by atoms with van der Waals surface area (Å²) in [5.74, 6) is -3.74. The van der Waals surface area contributed by atoms with Crippen molar-refractivity contribution in [2.75, 3.05) is 0 Å². The molecule has 4 aromatic rings. The minimum atomic E-state index is -1.43. The summed E-state index contributed by atoms with van der Waals surface area (Å²) in [4.78, 5) is 58.3. The maximum atomic E-state index is 13.5. The van der Waals surface area contributed by atoms with E-state index in [9.17, 15) is 29.4 Å². The highest BCUT2D eigenvalue weighted by molar-refractivity contribution is 5.95. The molecule has 0 saturated heterocycles. The number of fused-ring (bicyclic) bond motifs is 2. The molecule has 0 aliphatic rings. The third kappa shape index (κ3) is 7.44. The van der Waals surface area contributed by atoms with Crippen LogP contribution in [0.25, 0.3) is 21.8 Å². The van der Waals surface area contributed by atoms with Crippen LogP contribution in [0, 0.1) is 5.92 Å². The van der Waals surface area contributed by atoms with Crippen molar-refractivity contribution in [3.05, 3.63) is 72.1 Å². The molecule has 4 rings (SSSR count). The second-order valence-corrected chi connectivity index (χ2v) is 11.2. The Hall–Kier alpha value is -4.68. The van der Waals surface area contributed by atoms with Crippen LogP contribution < -0.4 is 21.7 Å². The highest BCUT2D eigenvalue weighted by atomic mass is 16.4. The van der Waals surface area contributed by atoms with E-state index in [1.807, 2.05) is 55.5 Å². The highest BCUT2D eigenvalue weighted by Gasteiger charge is 2.34. The summed E-state index contributed by atoms with van der Waals surface area (Å²) in [5, 5.41) is 29.7. The largest absolute Gasteiger partial charge is 0.480 e. The maximum absolute atomic E-state index is 13.5. The zero-order chi connectivity index (χ0) is 32.0. The van der Waals surface area contributed by atoms with Crippen LogP contribution >= 0.6 is 0 Å². The SMILES string of the molecule is CCC(C)C(NC(=O)C(Cc1c[nH]c2ccccc12)NC(=O)C(NC(=O)C(N)Cc1c[nH]c2ccccc12)C(C)O)C(=O)O. The van der Waals surface area contributed by atoms with Crippen molar-refractivity contribution in [3.8, 4) is 0 Å². The molecule has 2 aromatic carbocycles. The van der Waals surface area contributed by atoms with Gasteiger partial charge in [0.25, 0.3) is 0 Å². The summed E-state index contributed by atoms with van der Waals surface area (Å²) >= 11 is 0. The van der Waals surface area contributed by atoms with Gasteiger partial charge in [0.2, 0.25) is 17.7 Å². The lowest BCUT2D eigenvalue weighted by Gasteiger charge is -2.27. The third-order valence-corrected chi connectivity index (χ3v) is 8.02. The number of carboxylic acid groups (broad SMARTS) is 1. The second kappa shape index (κ2) is 14.2. The molecular weight excluding hydrogens is 564 g/mol. The Morgan fingerprint density at radius 2 is 1.30 bits per heavy atom. The fourth-order valence-corrected chi connectivity index (χ4v) is 5.22. The fourth-order valence-electron chi connectivity index (χ4n) is 5.22. The third-order valence-electron chi connectivity index (χ3n) is 8.02. The van der Waals surface area contributed by atoms with E-state index in [2.05, 4.69) is 25.9 Å².